The molecule has 0 aromatic heterocycles. The number of para-hydroxylation sites is 2. The van der Waals surface area contributed by atoms with Crippen LogP contribution in [0.3, 0.4) is 0 Å². The Bertz CT molecular complexity index is 910. The average Bonchev–Trinajstić information content (AvgIpc) is 2.75. The Hall–Kier alpha value is -2.38. The van der Waals surface area contributed by atoms with E-state index in [4.69, 9.17) is 14.2 Å². The predicted octanol–water partition coefficient (Wildman–Crippen LogP) is 4.66. The minimum atomic E-state index is -0.653. The number of hydrogen-bond donors (Lipinski definition) is 1. The second-order valence-electron chi connectivity index (χ2n) is 7.35. The van der Waals surface area contributed by atoms with E-state index in [9.17, 15) is 4.79 Å². The van der Waals surface area contributed by atoms with E-state index in [2.05, 4.69) is 30.6 Å². The van der Waals surface area contributed by atoms with Crippen LogP contribution in [0.1, 0.15) is 24.0 Å². The van der Waals surface area contributed by atoms with E-state index in [1.807, 2.05) is 24.3 Å². The number of hydrogen-bond acceptors (Lipinski definition) is 5. The molecule has 0 bridgehead atoms. The summed E-state index contributed by atoms with van der Waals surface area (Å²) in [7, 11) is 1.59. The van der Waals surface area contributed by atoms with Crippen molar-refractivity contribution in [1.29, 1.82) is 0 Å². The second kappa shape index (κ2) is 8.16. The number of methoxy groups -OCH3 is 1. The number of urea groups is 1. The molecule has 154 valence electrons. The average molecular weight is 415 g/mol. The molecule has 0 saturated carbocycles. The molecular formula is C22H26N2O4S. The summed E-state index contributed by atoms with van der Waals surface area (Å²) < 4.78 is 17.8. The van der Waals surface area contributed by atoms with Gasteiger partial charge in [-0.2, -0.15) is 0 Å². The van der Waals surface area contributed by atoms with E-state index >= 15 is 0 Å². The van der Waals surface area contributed by atoms with Gasteiger partial charge >= 0.3 is 6.03 Å². The van der Waals surface area contributed by atoms with Crippen LogP contribution in [-0.4, -0.2) is 43.2 Å². The van der Waals surface area contributed by atoms with Crippen LogP contribution >= 0.6 is 11.8 Å². The molecule has 1 fully saturated rings. The molecular weight excluding hydrogens is 388 g/mol. The third-order valence-corrected chi connectivity index (χ3v) is 6.21. The first-order valence-corrected chi connectivity index (χ1v) is 11.0. The standard InChI is InChI=1S/C22H26N2O4S/c1-15-12-17(29-3)13-16-14-27-22(28-20(15)16)8-10-24(11-9-22)21(25)23-18-6-4-5-7-19(18)26-2/h4-7,12-13H,8-11,14H2,1-3H3,(H,23,25). The summed E-state index contributed by atoms with van der Waals surface area (Å²) in [6.07, 6.45) is 3.34. The fraction of sp³-hybridized carbons (Fsp3) is 0.409. The summed E-state index contributed by atoms with van der Waals surface area (Å²) in [5, 5.41) is 2.94. The number of amides is 2. The van der Waals surface area contributed by atoms with Crippen LogP contribution in [0.15, 0.2) is 41.3 Å². The number of nitrogens with one attached hydrogen (secondary N) is 1. The molecule has 2 aliphatic heterocycles. The molecule has 1 N–H and O–H groups in total. The Labute approximate surface area is 175 Å². The fourth-order valence-electron chi connectivity index (χ4n) is 3.85. The largest absolute Gasteiger partial charge is 0.495 e. The molecule has 2 aromatic rings. The molecule has 2 aliphatic rings. The number of nitrogens with zero attached hydrogens (tertiary/aromatic N) is 1. The number of carbonyl (C=O) groups excluding carboxylic acids is 1. The van der Waals surface area contributed by atoms with Gasteiger partial charge in [-0.3, -0.25) is 0 Å². The Kier molecular flexibility index (Phi) is 5.61. The molecule has 29 heavy (non-hydrogen) atoms. The molecule has 6 nitrogen and oxygen atoms in total. The summed E-state index contributed by atoms with van der Waals surface area (Å²) >= 11 is 1.72. The minimum Gasteiger partial charge on any atom is -0.495 e. The number of piperidine rings is 1. The summed E-state index contributed by atoms with van der Waals surface area (Å²) in [4.78, 5) is 15.7. The number of thioether (sulfide) groups is 1. The quantitative estimate of drug-likeness (QED) is 0.741. The van der Waals surface area contributed by atoms with Crippen LogP contribution in [0.2, 0.25) is 0 Å². The molecule has 1 spiro atoms. The number of benzene rings is 2. The van der Waals surface area contributed by atoms with Crippen LogP contribution in [-0.2, 0) is 11.3 Å². The Morgan fingerprint density at radius 1 is 1.24 bits per heavy atom. The lowest BCUT2D eigenvalue weighted by Gasteiger charge is -2.44. The molecule has 0 aliphatic carbocycles. The Balaban J connectivity index is 1.41. The van der Waals surface area contributed by atoms with E-state index in [0.717, 1.165) is 16.9 Å². The van der Waals surface area contributed by atoms with E-state index in [-0.39, 0.29) is 6.03 Å². The number of anilines is 1. The number of aryl methyl sites for hydroxylation is 1. The van der Waals surface area contributed by atoms with E-state index in [1.54, 1.807) is 23.8 Å². The number of likely N-dealkylation sites (tertiary alicyclic amines) is 1. The third kappa shape index (κ3) is 4.02. The summed E-state index contributed by atoms with van der Waals surface area (Å²) in [6.45, 7) is 3.75. The highest BCUT2D eigenvalue weighted by Crippen LogP contribution is 2.41. The van der Waals surface area contributed by atoms with Gasteiger partial charge in [0.15, 0.2) is 0 Å². The van der Waals surface area contributed by atoms with Gasteiger partial charge in [0.05, 0.1) is 19.4 Å². The smallest absolute Gasteiger partial charge is 0.321 e. The summed E-state index contributed by atoms with van der Waals surface area (Å²) in [5.41, 5.74) is 2.89. The Morgan fingerprint density at radius 2 is 2.00 bits per heavy atom. The van der Waals surface area contributed by atoms with Crippen LogP contribution in [0.5, 0.6) is 11.5 Å². The highest BCUT2D eigenvalue weighted by Gasteiger charge is 2.42. The zero-order valence-electron chi connectivity index (χ0n) is 17.0. The molecule has 2 amide bonds. The van der Waals surface area contributed by atoms with Crippen molar-refractivity contribution in [3.8, 4) is 11.5 Å². The van der Waals surface area contributed by atoms with Gasteiger partial charge < -0.3 is 24.4 Å². The number of rotatable bonds is 3. The maximum Gasteiger partial charge on any atom is 0.321 e. The third-order valence-electron chi connectivity index (χ3n) is 5.50. The van der Waals surface area contributed by atoms with Crippen molar-refractivity contribution in [2.75, 3.05) is 31.8 Å². The van der Waals surface area contributed by atoms with Gasteiger partial charge in [-0.05, 0) is 43.0 Å². The monoisotopic (exact) mass is 414 g/mol. The normalized spacial score (nSPS) is 17.4. The van der Waals surface area contributed by atoms with Crippen molar-refractivity contribution in [3.05, 3.63) is 47.5 Å². The lowest BCUT2D eigenvalue weighted by molar-refractivity contribution is -0.225. The van der Waals surface area contributed by atoms with Gasteiger partial charge in [0.25, 0.3) is 0 Å². The molecule has 0 atom stereocenters. The second-order valence-corrected chi connectivity index (χ2v) is 8.23. The predicted molar refractivity (Wildman–Crippen MR) is 114 cm³/mol. The minimum absolute atomic E-state index is 0.138. The molecule has 2 aromatic carbocycles. The molecule has 2 heterocycles. The molecule has 4 rings (SSSR count). The van der Waals surface area contributed by atoms with Crippen LogP contribution in [0, 0.1) is 6.92 Å². The van der Waals surface area contributed by atoms with Gasteiger partial charge in [-0.15, -0.1) is 11.8 Å². The van der Waals surface area contributed by atoms with Crippen LogP contribution < -0.4 is 14.8 Å². The maximum atomic E-state index is 12.7. The zero-order chi connectivity index (χ0) is 20.4. The highest BCUT2D eigenvalue weighted by atomic mass is 32.2. The zero-order valence-corrected chi connectivity index (χ0v) is 17.8. The highest BCUT2D eigenvalue weighted by molar-refractivity contribution is 7.98. The number of fused-ring (bicyclic) bond motifs is 1. The van der Waals surface area contributed by atoms with Gasteiger partial charge in [0, 0.05) is 36.4 Å². The number of ether oxygens (including phenoxy) is 3. The van der Waals surface area contributed by atoms with Crippen molar-refractivity contribution in [3.63, 3.8) is 0 Å². The topological polar surface area (TPSA) is 60.0 Å². The first kappa shape index (κ1) is 19.9. The first-order valence-electron chi connectivity index (χ1n) is 9.73. The van der Waals surface area contributed by atoms with Gasteiger partial charge in [-0.25, -0.2) is 4.79 Å². The van der Waals surface area contributed by atoms with Crippen molar-refractivity contribution in [2.24, 2.45) is 0 Å². The van der Waals surface area contributed by atoms with Crippen molar-refractivity contribution < 1.29 is 19.0 Å². The van der Waals surface area contributed by atoms with E-state index < -0.39 is 5.79 Å². The fourth-order valence-corrected chi connectivity index (χ4v) is 4.40. The first-order chi connectivity index (χ1) is 14.0. The molecule has 0 unspecified atom stereocenters. The molecule has 7 heteroatoms. The van der Waals surface area contributed by atoms with Crippen molar-refractivity contribution >= 4 is 23.5 Å². The summed E-state index contributed by atoms with van der Waals surface area (Å²) in [5.74, 6) is 0.922. The van der Waals surface area contributed by atoms with Crippen LogP contribution in [0.4, 0.5) is 10.5 Å². The van der Waals surface area contributed by atoms with Crippen molar-refractivity contribution in [2.45, 2.75) is 37.1 Å². The van der Waals surface area contributed by atoms with Crippen LogP contribution in [0.25, 0.3) is 0 Å². The van der Waals surface area contributed by atoms with Gasteiger partial charge in [0.2, 0.25) is 5.79 Å². The molecule has 1 saturated heterocycles. The molecule has 0 radical (unpaired) electrons. The van der Waals surface area contributed by atoms with Gasteiger partial charge in [0.1, 0.15) is 11.5 Å². The van der Waals surface area contributed by atoms with Crippen molar-refractivity contribution in [1.82, 2.24) is 4.90 Å². The maximum absolute atomic E-state index is 12.7. The lowest BCUT2D eigenvalue weighted by atomic mass is 10.0. The SMILES string of the molecule is COc1ccccc1NC(=O)N1CCC2(CC1)OCc1cc(SC)cc(C)c1O2. The van der Waals surface area contributed by atoms with Gasteiger partial charge in [-0.1, -0.05) is 12.1 Å². The summed E-state index contributed by atoms with van der Waals surface area (Å²) in [6, 6.07) is 11.5. The van der Waals surface area contributed by atoms with E-state index in [0.29, 0.717) is 44.0 Å². The van der Waals surface area contributed by atoms with E-state index in [1.165, 1.54) is 4.90 Å². The Morgan fingerprint density at radius 3 is 2.72 bits per heavy atom. The lowest BCUT2D eigenvalue weighted by Crippen LogP contribution is -2.53. The number of carbonyl (C=O) groups is 1.